The summed E-state index contributed by atoms with van der Waals surface area (Å²) in [5, 5.41) is 0.887. The molecule has 0 aliphatic carbocycles. The molecule has 50 heavy (non-hydrogen) atoms. The zero-order chi connectivity index (χ0) is 35.5. The Kier molecular flexibility index (Phi) is 11.4. The molecule has 0 amide bonds. The third-order valence-corrected chi connectivity index (χ3v) is 10.8. The van der Waals surface area contributed by atoms with E-state index in [-0.39, 0.29) is 24.3 Å². The van der Waals surface area contributed by atoms with Gasteiger partial charge >= 0.3 is 5.97 Å². The van der Waals surface area contributed by atoms with E-state index in [0.29, 0.717) is 59.0 Å². The second-order valence-electron chi connectivity index (χ2n) is 10.9. The maximum atomic E-state index is 14.5. The third-order valence-electron chi connectivity index (χ3n) is 7.79. The molecular formula is C37H28BrCl2IN2O6S. The van der Waals surface area contributed by atoms with Crippen LogP contribution in [-0.4, -0.2) is 31.4 Å². The molecule has 0 spiro atoms. The fraction of sp³-hybridized carbons (Fsp3) is 0.162. The predicted octanol–water partition coefficient (Wildman–Crippen LogP) is 8.21. The van der Waals surface area contributed by atoms with Crippen LogP contribution in [-0.2, 0) is 16.1 Å². The van der Waals surface area contributed by atoms with Gasteiger partial charge in [0, 0.05) is 15.6 Å². The van der Waals surface area contributed by atoms with Crippen molar-refractivity contribution in [2.45, 2.75) is 19.6 Å². The van der Waals surface area contributed by atoms with E-state index in [2.05, 4.69) is 38.5 Å². The lowest BCUT2D eigenvalue weighted by atomic mass is 9.93. The van der Waals surface area contributed by atoms with Crippen LogP contribution in [0, 0.1) is 3.57 Å². The Hall–Kier alpha value is -3.62. The number of rotatable bonds is 10. The minimum absolute atomic E-state index is 0.139. The minimum atomic E-state index is -0.893. The van der Waals surface area contributed by atoms with E-state index in [1.807, 2.05) is 54.6 Å². The minimum Gasteiger partial charge on any atom is -0.493 e. The van der Waals surface area contributed by atoms with E-state index in [4.69, 9.17) is 47.1 Å². The molecule has 0 radical (unpaired) electrons. The summed E-state index contributed by atoms with van der Waals surface area (Å²) in [6.45, 7) is 2.10. The first kappa shape index (κ1) is 36.2. The van der Waals surface area contributed by atoms with E-state index < -0.39 is 12.0 Å². The van der Waals surface area contributed by atoms with Crippen LogP contribution in [0.2, 0.25) is 10.0 Å². The summed E-state index contributed by atoms with van der Waals surface area (Å²) in [5.41, 5.74) is 3.13. The smallest absolute Gasteiger partial charge is 0.338 e. The molecule has 0 saturated carbocycles. The van der Waals surface area contributed by atoms with Gasteiger partial charge in [-0.05, 0) is 83.1 Å². The number of aromatic nitrogens is 1. The first-order valence-electron chi connectivity index (χ1n) is 15.2. The summed E-state index contributed by atoms with van der Waals surface area (Å²) < 4.78 is 26.6. The zero-order valence-corrected chi connectivity index (χ0v) is 32.9. The van der Waals surface area contributed by atoms with Gasteiger partial charge in [0.05, 0.1) is 56.3 Å². The van der Waals surface area contributed by atoms with E-state index in [1.54, 1.807) is 44.4 Å². The molecular weight excluding hydrogens is 878 g/mol. The normalized spacial score (nSPS) is 14.2. The van der Waals surface area contributed by atoms with Crippen molar-refractivity contribution in [2.24, 2.45) is 4.99 Å². The summed E-state index contributed by atoms with van der Waals surface area (Å²) in [4.78, 5) is 33.8. The zero-order valence-electron chi connectivity index (χ0n) is 26.8. The maximum Gasteiger partial charge on any atom is 0.338 e. The van der Waals surface area contributed by atoms with Crippen LogP contribution in [0.15, 0.2) is 98.7 Å². The lowest BCUT2D eigenvalue weighted by molar-refractivity contribution is -0.138. The van der Waals surface area contributed by atoms with Crippen LogP contribution in [0.4, 0.5) is 0 Å². The highest BCUT2D eigenvalue weighted by Crippen LogP contribution is 2.39. The molecule has 0 unspecified atom stereocenters. The molecule has 0 fully saturated rings. The van der Waals surface area contributed by atoms with Crippen molar-refractivity contribution in [3.05, 3.63) is 144 Å². The SMILES string of the molecule is CCOC(=O)C1=C(c2ccccc2)N=c2s/c(=C\c3cc(Br)cc(I)c3OCc3ccc(Cl)c(Cl)c3)c(=O)n2[C@H]1c1ccc(OC)c(OC)c1. The number of carbonyl (C=O) groups excluding carboxylic acids is 1. The number of hydrogen-bond acceptors (Lipinski definition) is 8. The van der Waals surface area contributed by atoms with Gasteiger partial charge in [-0.15, -0.1) is 0 Å². The van der Waals surface area contributed by atoms with Crippen molar-refractivity contribution >= 4 is 90.8 Å². The van der Waals surface area contributed by atoms with Gasteiger partial charge in [0.1, 0.15) is 12.4 Å². The number of hydrogen-bond donors (Lipinski definition) is 0. The van der Waals surface area contributed by atoms with Crippen molar-refractivity contribution in [2.75, 3.05) is 20.8 Å². The molecule has 256 valence electrons. The molecule has 0 bridgehead atoms. The van der Waals surface area contributed by atoms with Gasteiger partial charge in [-0.1, -0.05) is 92.9 Å². The molecule has 1 atom stereocenters. The van der Waals surface area contributed by atoms with Gasteiger partial charge < -0.3 is 18.9 Å². The fourth-order valence-electron chi connectivity index (χ4n) is 5.54. The lowest BCUT2D eigenvalue weighted by Gasteiger charge is -2.26. The Labute approximate surface area is 323 Å². The third kappa shape index (κ3) is 7.38. The van der Waals surface area contributed by atoms with Crippen molar-refractivity contribution in [1.82, 2.24) is 4.57 Å². The van der Waals surface area contributed by atoms with Crippen LogP contribution < -0.4 is 29.1 Å². The van der Waals surface area contributed by atoms with Gasteiger partial charge in [-0.25, -0.2) is 9.79 Å². The summed E-state index contributed by atoms with van der Waals surface area (Å²) in [6.07, 6.45) is 1.78. The molecule has 8 nitrogen and oxygen atoms in total. The van der Waals surface area contributed by atoms with Crippen LogP contribution in [0.25, 0.3) is 11.8 Å². The van der Waals surface area contributed by atoms with E-state index in [9.17, 15) is 9.59 Å². The molecule has 1 aromatic heterocycles. The van der Waals surface area contributed by atoms with Crippen molar-refractivity contribution in [1.29, 1.82) is 0 Å². The monoisotopic (exact) mass is 904 g/mol. The second-order valence-corrected chi connectivity index (χ2v) is 14.8. The number of thiazole rings is 1. The van der Waals surface area contributed by atoms with Crippen molar-refractivity contribution in [3.63, 3.8) is 0 Å². The molecule has 4 aromatic carbocycles. The van der Waals surface area contributed by atoms with Gasteiger partial charge in [-0.3, -0.25) is 9.36 Å². The predicted molar refractivity (Wildman–Crippen MR) is 208 cm³/mol. The van der Waals surface area contributed by atoms with Crippen LogP contribution in [0.3, 0.4) is 0 Å². The Morgan fingerprint density at radius 1 is 1.00 bits per heavy atom. The van der Waals surface area contributed by atoms with E-state index in [1.165, 1.54) is 23.0 Å². The molecule has 6 rings (SSSR count). The van der Waals surface area contributed by atoms with Crippen LogP contribution in [0.5, 0.6) is 17.2 Å². The van der Waals surface area contributed by atoms with Crippen molar-refractivity contribution < 1.29 is 23.7 Å². The first-order valence-corrected chi connectivity index (χ1v) is 18.6. The van der Waals surface area contributed by atoms with Crippen LogP contribution >= 0.6 is 73.1 Å². The second kappa shape index (κ2) is 15.7. The number of halogens is 4. The number of methoxy groups -OCH3 is 2. The highest BCUT2D eigenvalue weighted by Gasteiger charge is 2.35. The molecule has 0 N–H and O–H groups in total. The molecule has 5 aromatic rings. The fourth-order valence-corrected chi connectivity index (χ4v) is 8.56. The number of benzene rings is 4. The number of fused-ring (bicyclic) bond motifs is 1. The van der Waals surface area contributed by atoms with Gasteiger partial charge in [-0.2, -0.15) is 0 Å². The molecule has 13 heteroatoms. The quantitative estimate of drug-likeness (QED) is 0.104. The first-order chi connectivity index (χ1) is 24.1. The summed E-state index contributed by atoms with van der Waals surface area (Å²) in [5.74, 6) is 0.954. The highest BCUT2D eigenvalue weighted by atomic mass is 127. The largest absolute Gasteiger partial charge is 0.493 e. The molecule has 2 heterocycles. The van der Waals surface area contributed by atoms with Crippen LogP contribution in [0.1, 0.15) is 35.2 Å². The summed E-state index contributed by atoms with van der Waals surface area (Å²) in [6, 6.07) is 22.9. The van der Waals surface area contributed by atoms with E-state index >= 15 is 0 Å². The maximum absolute atomic E-state index is 14.5. The van der Waals surface area contributed by atoms with E-state index in [0.717, 1.165) is 13.6 Å². The summed E-state index contributed by atoms with van der Waals surface area (Å²) >= 11 is 19.4. The molecule has 1 aliphatic heterocycles. The average molecular weight is 906 g/mol. The Bertz CT molecular complexity index is 2330. The highest BCUT2D eigenvalue weighted by molar-refractivity contribution is 14.1. The standard InChI is InChI=1S/C37H28BrCl2IN2O6S/c1-4-48-36(45)31-32(21-8-6-5-7-9-21)42-37-43(33(31)22-11-13-28(46-2)29(16-22)47-3)35(44)30(50-37)17-23-15-24(38)18-27(41)34(23)49-19-20-10-12-25(39)26(40)14-20/h5-18,33H,4,19H2,1-3H3/b30-17-/t33-/m0/s1. The van der Waals surface area contributed by atoms with Gasteiger partial charge in [0.15, 0.2) is 16.3 Å². The van der Waals surface area contributed by atoms with Gasteiger partial charge in [0.2, 0.25) is 0 Å². The Balaban J connectivity index is 1.57. The number of esters is 1. The number of carbonyl (C=O) groups is 1. The van der Waals surface area contributed by atoms with Gasteiger partial charge in [0.25, 0.3) is 5.56 Å². The molecule has 0 saturated heterocycles. The topological polar surface area (TPSA) is 88.4 Å². The number of ether oxygens (including phenoxy) is 4. The Morgan fingerprint density at radius 2 is 1.76 bits per heavy atom. The average Bonchev–Trinajstić information content (AvgIpc) is 3.42. The molecule has 1 aliphatic rings. The summed E-state index contributed by atoms with van der Waals surface area (Å²) in [7, 11) is 3.08. The lowest BCUT2D eigenvalue weighted by Crippen LogP contribution is -2.40. The Morgan fingerprint density at radius 3 is 2.46 bits per heavy atom. The van der Waals surface area contributed by atoms with Crippen molar-refractivity contribution in [3.8, 4) is 17.2 Å². The number of nitrogens with zero attached hydrogens (tertiary/aromatic N) is 2.